The van der Waals surface area contributed by atoms with Crippen molar-refractivity contribution in [2.45, 2.75) is 32.5 Å². The average molecular weight is 143 g/mol. The summed E-state index contributed by atoms with van der Waals surface area (Å²) in [5.41, 5.74) is -0.402. The van der Waals surface area contributed by atoms with Gasteiger partial charge in [0.1, 0.15) is 5.72 Å². The maximum Gasteiger partial charge on any atom is 0.212 e. The molecular weight excluding hydrogens is 130 g/mol. The number of carbonyl (C=O) groups is 1. The van der Waals surface area contributed by atoms with E-state index in [-0.39, 0.29) is 6.04 Å². The van der Waals surface area contributed by atoms with Gasteiger partial charge < -0.3 is 9.64 Å². The lowest BCUT2D eigenvalue weighted by Crippen LogP contribution is -2.41. The lowest BCUT2D eigenvalue weighted by molar-refractivity contribution is -0.131. The molecule has 1 aliphatic heterocycles. The summed E-state index contributed by atoms with van der Waals surface area (Å²) in [6, 6.07) is 0.215. The van der Waals surface area contributed by atoms with Crippen LogP contribution in [0.5, 0.6) is 0 Å². The van der Waals surface area contributed by atoms with Crippen LogP contribution in [0, 0.1) is 0 Å². The summed E-state index contributed by atoms with van der Waals surface area (Å²) in [6.45, 7) is 6.41. The zero-order valence-corrected chi connectivity index (χ0v) is 6.63. The summed E-state index contributed by atoms with van der Waals surface area (Å²) >= 11 is 0. The number of ether oxygens (including phenoxy) is 1. The van der Waals surface area contributed by atoms with E-state index in [1.54, 1.807) is 4.90 Å². The molecule has 0 aliphatic carbocycles. The first-order valence-electron chi connectivity index (χ1n) is 3.45. The van der Waals surface area contributed by atoms with Gasteiger partial charge in [0.2, 0.25) is 6.41 Å². The lowest BCUT2D eigenvalue weighted by atomic mass is 10.2. The highest BCUT2D eigenvalue weighted by molar-refractivity contribution is 5.49. The third-order valence-electron chi connectivity index (χ3n) is 1.89. The normalized spacial score (nSPS) is 30.7. The van der Waals surface area contributed by atoms with Crippen molar-refractivity contribution in [2.75, 3.05) is 6.61 Å². The van der Waals surface area contributed by atoms with E-state index in [4.69, 9.17) is 4.74 Å². The Kier molecular flexibility index (Phi) is 1.68. The Labute approximate surface area is 61.0 Å². The van der Waals surface area contributed by atoms with E-state index >= 15 is 0 Å². The minimum Gasteiger partial charge on any atom is -0.354 e. The Bertz CT molecular complexity index is 145. The molecule has 1 amide bonds. The van der Waals surface area contributed by atoms with Crippen LogP contribution in [0.15, 0.2) is 0 Å². The van der Waals surface area contributed by atoms with Gasteiger partial charge in [0.25, 0.3) is 0 Å². The summed E-state index contributed by atoms with van der Waals surface area (Å²) in [5, 5.41) is 0. The van der Waals surface area contributed by atoms with Crippen molar-refractivity contribution in [2.24, 2.45) is 0 Å². The second kappa shape index (κ2) is 2.23. The van der Waals surface area contributed by atoms with Crippen molar-refractivity contribution in [1.82, 2.24) is 4.90 Å². The molecule has 0 aromatic rings. The van der Waals surface area contributed by atoms with Crippen molar-refractivity contribution in [1.29, 1.82) is 0 Å². The van der Waals surface area contributed by atoms with Gasteiger partial charge in [-0.1, -0.05) is 0 Å². The van der Waals surface area contributed by atoms with E-state index in [2.05, 4.69) is 0 Å². The summed E-state index contributed by atoms with van der Waals surface area (Å²) in [5.74, 6) is 0. The number of hydrogen-bond donors (Lipinski definition) is 0. The molecule has 1 heterocycles. The van der Waals surface area contributed by atoms with Gasteiger partial charge in [-0.15, -0.1) is 0 Å². The lowest BCUT2D eigenvalue weighted by Gasteiger charge is -2.28. The molecule has 1 fully saturated rings. The molecule has 10 heavy (non-hydrogen) atoms. The minimum atomic E-state index is -0.402. The van der Waals surface area contributed by atoms with Crippen LogP contribution in [0.1, 0.15) is 20.8 Å². The van der Waals surface area contributed by atoms with Gasteiger partial charge in [-0.2, -0.15) is 0 Å². The molecule has 0 aromatic carbocycles. The molecule has 58 valence electrons. The SMILES string of the molecule is CC1COC(C)(C)N1C=O. The van der Waals surface area contributed by atoms with Gasteiger partial charge in [0.05, 0.1) is 12.6 Å². The van der Waals surface area contributed by atoms with Gasteiger partial charge in [-0.3, -0.25) is 4.79 Å². The Morgan fingerprint density at radius 3 is 2.50 bits per heavy atom. The van der Waals surface area contributed by atoms with E-state index in [1.165, 1.54) is 0 Å². The molecule has 0 bridgehead atoms. The Balaban J connectivity index is 2.72. The molecule has 0 saturated carbocycles. The van der Waals surface area contributed by atoms with E-state index < -0.39 is 5.72 Å². The molecule has 3 heteroatoms. The van der Waals surface area contributed by atoms with E-state index in [0.717, 1.165) is 6.41 Å². The Morgan fingerprint density at radius 2 is 2.30 bits per heavy atom. The van der Waals surface area contributed by atoms with Crippen LogP contribution >= 0.6 is 0 Å². The maximum atomic E-state index is 10.5. The number of carbonyl (C=O) groups excluding carboxylic acids is 1. The van der Waals surface area contributed by atoms with Crippen molar-refractivity contribution in [3.05, 3.63) is 0 Å². The van der Waals surface area contributed by atoms with Crippen LogP contribution in [-0.4, -0.2) is 29.7 Å². The third kappa shape index (κ3) is 1.01. The van der Waals surface area contributed by atoms with Crippen LogP contribution in [0.4, 0.5) is 0 Å². The van der Waals surface area contributed by atoms with Crippen LogP contribution < -0.4 is 0 Å². The first-order chi connectivity index (χ1) is 4.58. The van der Waals surface area contributed by atoms with Crippen LogP contribution in [0.25, 0.3) is 0 Å². The zero-order valence-electron chi connectivity index (χ0n) is 6.63. The van der Waals surface area contributed by atoms with Gasteiger partial charge in [-0.05, 0) is 20.8 Å². The predicted octanol–water partition coefficient (Wildman–Crippen LogP) is 0.600. The molecule has 1 atom stereocenters. The first-order valence-corrected chi connectivity index (χ1v) is 3.45. The van der Waals surface area contributed by atoms with Crippen LogP contribution in [-0.2, 0) is 9.53 Å². The topological polar surface area (TPSA) is 29.5 Å². The largest absolute Gasteiger partial charge is 0.354 e. The molecule has 0 N–H and O–H groups in total. The number of hydrogen-bond acceptors (Lipinski definition) is 2. The molecule has 1 saturated heterocycles. The van der Waals surface area contributed by atoms with E-state index in [9.17, 15) is 4.79 Å². The smallest absolute Gasteiger partial charge is 0.212 e. The summed E-state index contributed by atoms with van der Waals surface area (Å²) in [4.78, 5) is 12.2. The number of amides is 1. The van der Waals surface area contributed by atoms with Gasteiger partial charge in [-0.25, -0.2) is 0 Å². The minimum absolute atomic E-state index is 0.215. The summed E-state index contributed by atoms with van der Waals surface area (Å²) in [7, 11) is 0. The van der Waals surface area contributed by atoms with Gasteiger partial charge in [0, 0.05) is 0 Å². The standard InChI is InChI=1S/C7H13NO2/c1-6-4-10-7(2,3)8(6)5-9/h5-6H,4H2,1-3H3. The highest BCUT2D eigenvalue weighted by Crippen LogP contribution is 2.24. The van der Waals surface area contributed by atoms with Gasteiger partial charge in [0.15, 0.2) is 0 Å². The number of nitrogens with zero attached hydrogens (tertiary/aromatic N) is 1. The van der Waals surface area contributed by atoms with Gasteiger partial charge >= 0.3 is 0 Å². The first kappa shape index (κ1) is 7.54. The fraction of sp³-hybridized carbons (Fsp3) is 0.857. The molecule has 0 aromatic heterocycles. The Morgan fingerprint density at radius 1 is 1.70 bits per heavy atom. The fourth-order valence-corrected chi connectivity index (χ4v) is 1.24. The summed E-state index contributed by atoms with van der Waals surface area (Å²) < 4.78 is 5.35. The summed E-state index contributed by atoms with van der Waals surface area (Å²) in [6.07, 6.45) is 0.845. The molecule has 0 spiro atoms. The van der Waals surface area contributed by atoms with Crippen LogP contribution in [0.2, 0.25) is 0 Å². The molecular formula is C7H13NO2. The highest BCUT2D eigenvalue weighted by Gasteiger charge is 2.36. The predicted molar refractivity (Wildman–Crippen MR) is 37.4 cm³/mol. The van der Waals surface area contributed by atoms with Crippen molar-refractivity contribution in [3.63, 3.8) is 0 Å². The van der Waals surface area contributed by atoms with Crippen molar-refractivity contribution >= 4 is 6.41 Å². The van der Waals surface area contributed by atoms with E-state index in [0.29, 0.717) is 6.61 Å². The highest BCUT2D eigenvalue weighted by atomic mass is 16.5. The fourth-order valence-electron chi connectivity index (χ4n) is 1.24. The quantitative estimate of drug-likeness (QED) is 0.503. The molecule has 0 radical (unpaired) electrons. The second-order valence-electron chi connectivity index (χ2n) is 3.12. The Hall–Kier alpha value is -0.570. The average Bonchev–Trinajstić information content (AvgIpc) is 2.07. The maximum absolute atomic E-state index is 10.5. The molecule has 1 aliphatic rings. The monoisotopic (exact) mass is 143 g/mol. The van der Waals surface area contributed by atoms with Crippen LogP contribution in [0.3, 0.4) is 0 Å². The second-order valence-corrected chi connectivity index (χ2v) is 3.12. The van der Waals surface area contributed by atoms with Crippen molar-refractivity contribution < 1.29 is 9.53 Å². The van der Waals surface area contributed by atoms with Crippen molar-refractivity contribution in [3.8, 4) is 0 Å². The molecule has 3 nitrogen and oxygen atoms in total. The number of rotatable bonds is 1. The molecule has 1 rings (SSSR count). The zero-order chi connectivity index (χ0) is 7.78. The third-order valence-corrected chi connectivity index (χ3v) is 1.89. The molecule has 1 unspecified atom stereocenters. The van der Waals surface area contributed by atoms with E-state index in [1.807, 2.05) is 20.8 Å².